The van der Waals surface area contributed by atoms with E-state index in [2.05, 4.69) is 26.7 Å². The van der Waals surface area contributed by atoms with E-state index in [0.717, 1.165) is 26.2 Å². The lowest BCUT2D eigenvalue weighted by Crippen LogP contribution is -2.51. The number of benzene rings is 1. The summed E-state index contributed by atoms with van der Waals surface area (Å²) in [6.45, 7) is 6.25. The molecule has 0 saturated carbocycles. The second-order valence-electron chi connectivity index (χ2n) is 5.19. The highest BCUT2D eigenvalue weighted by Crippen LogP contribution is 2.15. The van der Waals surface area contributed by atoms with Crippen molar-refractivity contribution in [1.29, 1.82) is 0 Å². The minimum atomic E-state index is -3.61. The molecular formula is C13H22N4O2S. The van der Waals surface area contributed by atoms with Crippen molar-refractivity contribution in [3.8, 4) is 0 Å². The van der Waals surface area contributed by atoms with E-state index in [1.54, 1.807) is 0 Å². The molecule has 0 amide bonds. The van der Waals surface area contributed by atoms with Gasteiger partial charge in [0.2, 0.25) is 0 Å². The first-order chi connectivity index (χ1) is 9.44. The number of nitrogens with one attached hydrogen (secondary N) is 1. The summed E-state index contributed by atoms with van der Waals surface area (Å²) in [5.74, 6) is 0. The molecule has 0 aliphatic carbocycles. The SMILES string of the molecule is CC(CN1CCN(c2ccccc2)CC1)NS(N)(=O)=O. The van der Waals surface area contributed by atoms with Gasteiger partial charge in [-0.25, -0.2) is 5.14 Å². The normalized spacial score (nSPS) is 19.0. The van der Waals surface area contributed by atoms with Gasteiger partial charge in [-0.3, -0.25) is 4.90 Å². The van der Waals surface area contributed by atoms with Crippen LogP contribution in [0, 0.1) is 0 Å². The molecule has 0 bridgehead atoms. The fourth-order valence-corrected chi connectivity index (χ4v) is 3.17. The Morgan fingerprint density at radius 2 is 1.80 bits per heavy atom. The van der Waals surface area contributed by atoms with Crippen LogP contribution in [0.5, 0.6) is 0 Å². The number of piperazine rings is 1. The van der Waals surface area contributed by atoms with Gasteiger partial charge in [0, 0.05) is 44.5 Å². The largest absolute Gasteiger partial charge is 0.369 e. The third kappa shape index (κ3) is 4.75. The molecule has 1 saturated heterocycles. The van der Waals surface area contributed by atoms with Crippen LogP contribution in [0.4, 0.5) is 5.69 Å². The van der Waals surface area contributed by atoms with Gasteiger partial charge in [-0.05, 0) is 19.1 Å². The van der Waals surface area contributed by atoms with E-state index in [4.69, 9.17) is 5.14 Å². The molecule has 0 radical (unpaired) electrons. The maximum Gasteiger partial charge on any atom is 0.274 e. The number of nitrogens with two attached hydrogens (primary N) is 1. The first kappa shape index (κ1) is 15.2. The molecular weight excluding hydrogens is 276 g/mol. The zero-order chi connectivity index (χ0) is 14.6. The average molecular weight is 298 g/mol. The monoisotopic (exact) mass is 298 g/mol. The molecule has 7 heteroatoms. The number of anilines is 1. The van der Waals surface area contributed by atoms with Gasteiger partial charge in [-0.1, -0.05) is 18.2 Å². The number of hydrogen-bond acceptors (Lipinski definition) is 4. The van der Waals surface area contributed by atoms with Crippen molar-refractivity contribution >= 4 is 15.9 Å². The van der Waals surface area contributed by atoms with Gasteiger partial charge in [0.05, 0.1) is 0 Å². The van der Waals surface area contributed by atoms with E-state index in [1.165, 1.54) is 5.69 Å². The van der Waals surface area contributed by atoms with Crippen molar-refractivity contribution in [1.82, 2.24) is 9.62 Å². The lowest BCUT2D eigenvalue weighted by atomic mass is 10.2. The topological polar surface area (TPSA) is 78.7 Å². The predicted molar refractivity (Wildman–Crippen MR) is 80.8 cm³/mol. The molecule has 0 aromatic heterocycles. The molecule has 3 N–H and O–H groups in total. The smallest absolute Gasteiger partial charge is 0.274 e. The van der Waals surface area contributed by atoms with E-state index in [0.29, 0.717) is 6.54 Å². The number of para-hydroxylation sites is 1. The fraction of sp³-hybridized carbons (Fsp3) is 0.538. The molecule has 1 unspecified atom stereocenters. The number of hydrogen-bond donors (Lipinski definition) is 2. The summed E-state index contributed by atoms with van der Waals surface area (Å²) in [4.78, 5) is 4.59. The zero-order valence-electron chi connectivity index (χ0n) is 11.7. The highest BCUT2D eigenvalue weighted by atomic mass is 32.2. The Hall–Kier alpha value is -1.15. The highest BCUT2D eigenvalue weighted by molar-refractivity contribution is 7.87. The quantitative estimate of drug-likeness (QED) is 0.801. The van der Waals surface area contributed by atoms with Crippen LogP contribution in [0.2, 0.25) is 0 Å². The van der Waals surface area contributed by atoms with E-state index >= 15 is 0 Å². The molecule has 1 aromatic rings. The summed E-state index contributed by atoms with van der Waals surface area (Å²) in [5.41, 5.74) is 1.24. The Labute approximate surface area is 120 Å². The molecule has 1 atom stereocenters. The van der Waals surface area contributed by atoms with Crippen LogP contribution in [0.15, 0.2) is 30.3 Å². The summed E-state index contributed by atoms with van der Waals surface area (Å²) in [6.07, 6.45) is 0. The molecule has 112 valence electrons. The minimum absolute atomic E-state index is 0.173. The standard InChI is InChI=1S/C13H22N4O2S/c1-12(15-20(14,18)19)11-16-7-9-17(10-8-16)13-5-3-2-4-6-13/h2-6,12,15H,7-11H2,1H3,(H2,14,18,19). The lowest BCUT2D eigenvalue weighted by molar-refractivity contribution is 0.242. The number of nitrogens with zero attached hydrogens (tertiary/aromatic N) is 2. The van der Waals surface area contributed by atoms with E-state index < -0.39 is 10.2 Å². The molecule has 1 fully saturated rings. The summed E-state index contributed by atoms with van der Waals surface area (Å²) in [6, 6.07) is 10.1. The first-order valence-electron chi connectivity index (χ1n) is 6.76. The molecule has 1 aliphatic rings. The summed E-state index contributed by atoms with van der Waals surface area (Å²) >= 11 is 0. The molecule has 6 nitrogen and oxygen atoms in total. The Morgan fingerprint density at radius 1 is 1.20 bits per heavy atom. The van der Waals surface area contributed by atoms with Crippen molar-refractivity contribution < 1.29 is 8.42 Å². The Kier molecular flexibility index (Phi) is 4.98. The maximum atomic E-state index is 11.0. The van der Waals surface area contributed by atoms with Crippen LogP contribution >= 0.6 is 0 Å². The molecule has 0 spiro atoms. The molecule has 1 heterocycles. The summed E-state index contributed by atoms with van der Waals surface area (Å²) in [7, 11) is -3.61. The Balaban J connectivity index is 1.80. The van der Waals surface area contributed by atoms with Crippen molar-refractivity contribution in [2.24, 2.45) is 5.14 Å². The van der Waals surface area contributed by atoms with Gasteiger partial charge >= 0.3 is 0 Å². The lowest BCUT2D eigenvalue weighted by Gasteiger charge is -2.37. The average Bonchev–Trinajstić information content (AvgIpc) is 2.38. The third-order valence-corrected chi connectivity index (χ3v) is 4.12. The van der Waals surface area contributed by atoms with Crippen molar-refractivity contribution in [2.45, 2.75) is 13.0 Å². The van der Waals surface area contributed by atoms with Gasteiger partial charge in [0.1, 0.15) is 0 Å². The summed E-state index contributed by atoms with van der Waals surface area (Å²) in [5, 5.41) is 4.97. The van der Waals surface area contributed by atoms with Gasteiger partial charge in [-0.15, -0.1) is 0 Å². The van der Waals surface area contributed by atoms with Crippen molar-refractivity contribution in [3.05, 3.63) is 30.3 Å². The van der Waals surface area contributed by atoms with Crippen LogP contribution in [-0.4, -0.2) is 52.1 Å². The molecule has 20 heavy (non-hydrogen) atoms. The highest BCUT2D eigenvalue weighted by Gasteiger charge is 2.19. The van der Waals surface area contributed by atoms with E-state index in [1.807, 2.05) is 25.1 Å². The van der Waals surface area contributed by atoms with Crippen LogP contribution < -0.4 is 14.8 Å². The molecule has 1 aliphatic heterocycles. The second kappa shape index (κ2) is 6.53. The third-order valence-electron chi connectivity index (χ3n) is 3.39. The Bertz CT molecular complexity index is 512. The predicted octanol–water partition coefficient (Wildman–Crippen LogP) is -0.00980. The van der Waals surface area contributed by atoms with E-state index in [9.17, 15) is 8.42 Å². The van der Waals surface area contributed by atoms with Crippen LogP contribution in [0.25, 0.3) is 0 Å². The minimum Gasteiger partial charge on any atom is -0.369 e. The van der Waals surface area contributed by atoms with Crippen LogP contribution in [0.3, 0.4) is 0 Å². The van der Waals surface area contributed by atoms with Crippen LogP contribution in [-0.2, 0) is 10.2 Å². The summed E-state index contributed by atoms with van der Waals surface area (Å²) < 4.78 is 24.3. The first-order valence-corrected chi connectivity index (χ1v) is 8.31. The van der Waals surface area contributed by atoms with Gasteiger partial charge in [-0.2, -0.15) is 13.1 Å². The van der Waals surface area contributed by atoms with Crippen molar-refractivity contribution in [2.75, 3.05) is 37.6 Å². The zero-order valence-corrected chi connectivity index (χ0v) is 12.5. The van der Waals surface area contributed by atoms with E-state index in [-0.39, 0.29) is 6.04 Å². The fourth-order valence-electron chi connectivity index (χ4n) is 2.53. The molecule has 1 aromatic carbocycles. The van der Waals surface area contributed by atoms with Crippen molar-refractivity contribution in [3.63, 3.8) is 0 Å². The van der Waals surface area contributed by atoms with Gasteiger partial charge in [0.25, 0.3) is 10.2 Å². The van der Waals surface area contributed by atoms with Gasteiger partial charge in [0.15, 0.2) is 0 Å². The molecule has 2 rings (SSSR count). The number of rotatable bonds is 5. The maximum absolute atomic E-state index is 11.0. The van der Waals surface area contributed by atoms with Gasteiger partial charge < -0.3 is 4.90 Å². The van der Waals surface area contributed by atoms with Crippen LogP contribution in [0.1, 0.15) is 6.92 Å². The second-order valence-corrected chi connectivity index (χ2v) is 6.51. The Morgan fingerprint density at radius 3 is 2.35 bits per heavy atom.